The zero-order valence-corrected chi connectivity index (χ0v) is 11.8. The van der Waals surface area contributed by atoms with Crippen molar-refractivity contribution in [3.8, 4) is 16.9 Å². The first-order chi connectivity index (χ1) is 10.2. The minimum Gasteiger partial charge on any atom is -0.484 e. The topological polar surface area (TPSA) is 61.5 Å². The molecule has 3 rings (SSSR count). The minimum atomic E-state index is -0.323. The van der Waals surface area contributed by atoms with Crippen molar-refractivity contribution in [3.05, 3.63) is 48.0 Å². The molecule has 0 bridgehead atoms. The number of anilines is 1. The van der Waals surface area contributed by atoms with E-state index in [0.29, 0.717) is 12.3 Å². The van der Waals surface area contributed by atoms with Crippen molar-refractivity contribution >= 4 is 11.7 Å². The van der Waals surface area contributed by atoms with Crippen LogP contribution >= 0.6 is 0 Å². The van der Waals surface area contributed by atoms with Crippen LogP contribution < -0.4 is 10.5 Å². The Morgan fingerprint density at radius 2 is 2.05 bits per heavy atom. The van der Waals surface area contributed by atoms with Gasteiger partial charge in [-0.05, 0) is 30.7 Å². The molecule has 2 aromatic carbocycles. The van der Waals surface area contributed by atoms with Crippen LogP contribution in [-0.4, -0.2) is 12.6 Å². The van der Waals surface area contributed by atoms with Gasteiger partial charge in [-0.15, -0.1) is 0 Å². The monoisotopic (exact) mass is 283 g/mol. The number of nitrogen functional groups attached to an aromatic ring is 1. The van der Waals surface area contributed by atoms with Crippen molar-refractivity contribution in [3.63, 3.8) is 0 Å². The van der Waals surface area contributed by atoms with E-state index >= 15 is 0 Å². The highest BCUT2D eigenvalue weighted by Crippen LogP contribution is 2.44. The molecule has 1 heterocycles. The van der Waals surface area contributed by atoms with Gasteiger partial charge in [0.2, 0.25) is 0 Å². The Hall–Kier alpha value is -2.49. The van der Waals surface area contributed by atoms with Crippen LogP contribution in [0.3, 0.4) is 0 Å². The van der Waals surface area contributed by atoms with E-state index in [4.69, 9.17) is 15.2 Å². The quantitative estimate of drug-likeness (QED) is 0.693. The number of ether oxygens (including phenoxy) is 2. The first kappa shape index (κ1) is 13.5. The fourth-order valence-corrected chi connectivity index (χ4v) is 2.62. The van der Waals surface area contributed by atoms with E-state index in [1.165, 1.54) is 0 Å². The lowest BCUT2D eigenvalue weighted by molar-refractivity contribution is -0.145. The summed E-state index contributed by atoms with van der Waals surface area (Å²) in [5.74, 6) is 0.494. The Labute approximate surface area is 123 Å². The third kappa shape index (κ3) is 2.57. The summed E-state index contributed by atoms with van der Waals surface area (Å²) in [6.45, 7) is 2.17. The highest BCUT2D eigenvalue weighted by Gasteiger charge is 2.28. The SMILES string of the molecule is CCOC(=O)CC1Oc2ccc(N)cc2-c2ccccc21. The minimum absolute atomic E-state index is 0.203. The maximum Gasteiger partial charge on any atom is 0.309 e. The average Bonchev–Trinajstić information content (AvgIpc) is 2.48. The number of hydrogen-bond donors (Lipinski definition) is 1. The number of nitrogens with two attached hydrogens (primary N) is 1. The molecule has 0 amide bonds. The Kier molecular flexibility index (Phi) is 3.52. The number of rotatable bonds is 3. The first-order valence-electron chi connectivity index (χ1n) is 7.00. The lowest BCUT2D eigenvalue weighted by Crippen LogP contribution is -2.19. The molecular weight excluding hydrogens is 266 g/mol. The second kappa shape index (κ2) is 5.48. The van der Waals surface area contributed by atoms with Crippen LogP contribution in [0.1, 0.15) is 25.0 Å². The summed E-state index contributed by atoms with van der Waals surface area (Å²) in [7, 11) is 0. The number of hydrogen-bond acceptors (Lipinski definition) is 4. The molecule has 0 fully saturated rings. The smallest absolute Gasteiger partial charge is 0.309 e. The summed E-state index contributed by atoms with van der Waals surface area (Å²) in [5.41, 5.74) is 9.56. The fourth-order valence-electron chi connectivity index (χ4n) is 2.62. The van der Waals surface area contributed by atoms with Gasteiger partial charge >= 0.3 is 5.97 Å². The van der Waals surface area contributed by atoms with Crippen LogP contribution in [0.4, 0.5) is 5.69 Å². The second-order valence-electron chi connectivity index (χ2n) is 4.96. The highest BCUT2D eigenvalue weighted by molar-refractivity contribution is 5.79. The molecule has 0 aromatic heterocycles. The van der Waals surface area contributed by atoms with Crippen molar-refractivity contribution in [1.82, 2.24) is 0 Å². The maximum absolute atomic E-state index is 11.8. The van der Waals surface area contributed by atoms with Crippen LogP contribution in [0.2, 0.25) is 0 Å². The second-order valence-corrected chi connectivity index (χ2v) is 4.96. The van der Waals surface area contributed by atoms with Crippen molar-refractivity contribution in [2.45, 2.75) is 19.4 Å². The van der Waals surface area contributed by atoms with Crippen LogP contribution in [-0.2, 0) is 9.53 Å². The Morgan fingerprint density at radius 3 is 2.86 bits per heavy atom. The van der Waals surface area contributed by atoms with E-state index in [1.807, 2.05) is 36.4 Å². The van der Waals surface area contributed by atoms with Gasteiger partial charge in [0.1, 0.15) is 11.9 Å². The van der Waals surface area contributed by atoms with Gasteiger partial charge < -0.3 is 15.2 Å². The zero-order valence-electron chi connectivity index (χ0n) is 11.8. The third-order valence-electron chi connectivity index (χ3n) is 3.53. The molecule has 1 atom stereocenters. The van der Waals surface area contributed by atoms with Crippen LogP contribution in [0, 0.1) is 0 Å². The number of benzene rings is 2. The molecule has 4 heteroatoms. The van der Waals surface area contributed by atoms with Gasteiger partial charge in [-0.3, -0.25) is 4.79 Å². The van der Waals surface area contributed by atoms with Crippen LogP contribution in [0.15, 0.2) is 42.5 Å². The molecule has 2 N–H and O–H groups in total. The first-order valence-corrected chi connectivity index (χ1v) is 7.00. The van der Waals surface area contributed by atoms with E-state index in [2.05, 4.69) is 0 Å². The lowest BCUT2D eigenvalue weighted by atomic mass is 9.91. The molecule has 0 aliphatic carbocycles. The summed E-state index contributed by atoms with van der Waals surface area (Å²) in [6, 6.07) is 13.5. The van der Waals surface area contributed by atoms with Gasteiger partial charge in [0, 0.05) is 16.8 Å². The number of carbonyl (C=O) groups excluding carboxylic acids is 1. The van der Waals surface area contributed by atoms with E-state index in [9.17, 15) is 4.79 Å². The van der Waals surface area contributed by atoms with E-state index in [0.717, 1.165) is 22.4 Å². The van der Waals surface area contributed by atoms with Gasteiger partial charge in [-0.2, -0.15) is 0 Å². The molecule has 21 heavy (non-hydrogen) atoms. The average molecular weight is 283 g/mol. The molecule has 0 saturated carbocycles. The molecule has 1 unspecified atom stereocenters. The largest absolute Gasteiger partial charge is 0.484 e. The van der Waals surface area contributed by atoms with Gasteiger partial charge in [-0.1, -0.05) is 24.3 Å². The zero-order chi connectivity index (χ0) is 14.8. The Bertz CT molecular complexity index is 681. The Balaban J connectivity index is 2.00. The van der Waals surface area contributed by atoms with Gasteiger partial charge in [0.05, 0.1) is 13.0 Å². The lowest BCUT2D eigenvalue weighted by Gasteiger charge is -2.28. The summed E-state index contributed by atoms with van der Waals surface area (Å²) in [5, 5.41) is 0. The molecule has 1 aliphatic heterocycles. The van der Waals surface area contributed by atoms with Crippen molar-refractivity contribution < 1.29 is 14.3 Å². The summed E-state index contributed by atoms with van der Waals surface area (Å²) in [6.07, 6.45) is -0.120. The molecule has 108 valence electrons. The Morgan fingerprint density at radius 1 is 1.24 bits per heavy atom. The molecule has 1 aliphatic rings. The summed E-state index contributed by atoms with van der Waals surface area (Å²) < 4.78 is 11.0. The number of esters is 1. The molecule has 2 aromatic rings. The van der Waals surface area contributed by atoms with Crippen LogP contribution in [0.25, 0.3) is 11.1 Å². The molecular formula is C17H17NO3. The van der Waals surface area contributed by atoms with Gasteiger partial charge in [0.25, 0.3) is 0 Å². The van der Waals surface area contributed by atoms with E-state index in [-0.39, 0.29) is 18.5 Å². The summed E-state index contributed by atoms with van der Waals surface area (Å²) >= 11 is 0. The number of fused-ring (bicyclic) bond motifs is 3. The normalized spacial score (nSPS) is 15.6. The third-order valence-corrected chi connectivity index (χ3v) is 3.53. The van der Waals surface area contributed by atoms with Crippen molar-refractivity contribution in [2.75, 3.05) is 12.3 Å². The fraction of sp³-hybridized carbons (Fsp3) is 0.235. The summed E-state index contributed by atoms with van der Waals surface area (Å²) in [4.78, 5) is 11.8. The predicted octanol–water partition coefficient (Wildman–Crippen LogP) is 3.32. The maximum atomic E-state index is 11.8. The standard InChI is InChI=1S/C17H17NO3/c1-2-20-17(19)10-16-13-6-4-3-5-12(13)14-9-11(18)7-8-15(14)21-16/h3-9,16H,2,10,18H2,1H3. The predicted molar refractivity (Wildman–Crippen MR) is 80.9 cm³/mol. The highest BCUT2D eigenvalue weighted by atomic mass is 16.5. The van der Waals surface area contributed by atoms with Crippen LogP contribution in [0.5, 0.6) is 5.75 Å². The van der Waals surface area contributed by atoms with E-state index < -0.39 is 0 Å². The van der Waals surface area contributed by atoms with Gasteiger partial charge in [0.15, 0.2) is 0 Å². The molecule has 0 radical (unpaired) electrons. The van der Waals surface area contributed by atoms with E-state index in [1.54, 1.807) is 13.0 Å². The van der Waals surface area contributed by atoms with Crippen molar-refractivity contribution in [2.24, 2.45) is 0 Å². The molecule has 4 nitrogen and oxygen atoms in total. The van der Waals surface area contributed by atoms with Crippen molar-refractivity contribution in [1.29, 1.82) is 0 Å². The number of carbonyl (C=O) groups is 1. The molecule has 0 spiro atoms. The van der Waals surface area contributed by atoms with Gasteiger partial charge in [-0.25, -0.2) is 0 Å². The molecule has 0 saturated heterocycles.